The van der Waals surface area contributed by atoms with Crippen molar-refractivity contribution in [2.75, 3.05) is 0 Å². The average molecular weight is 180 g/mol. The second-order valence-electron chi connectivity index (χ2n) is 3.22. The Morgan fingerprint density at radius 1 is 1.54 bits per heavy atom. The summed E-state index contributed by atoms with van der Waals surface area (Å²) in [4.78, 5) is 14.6. The van der Waals surface area contributed by atoms with Crippen molar-refractivity contribution in [3.05, 3.63) is 29.3 Å². The third-order valence-corrected chi connectivity index (χ3v) is 2.19. The van der Waals surface area contributed by atoms with Crippen LogP contribution in [0.5, 0.6) is 0 Å². The third-order valence-electron chi connectivity index (χ3n) is 2.19. The second-order valence-corrected chi connectivity index (χ2v) is 3.22. The number of aromatic nitrogens is 1. The van der Waals surface area contributed by atoms with Gasteiger partial charge in [-0.05, 0) is 24.3 Å². The molecule has 1 aliphatic carbocycles. The molecule has 1 aromatic rings. The van der Waals surface area contributed by atoms with Crippen molar-refractivity contribution >= 4 is 5.91 Å². The molecule has 2 N–H and O–H groups in total. The molecule has 1 aromatic heterocycles. The minimum Gasteiger partial charge on any atom is -0.365 e. The number of amides is 1. The van der Waals surface area contributed by atoms with Gasteiger partial charge in [0.05, 0.1) is 11.8 Å². The summed E-state index contributed by atoms with van der Waals surface area (Å²) in [6, 6.07) is 0. The maximum Gasteiger partial charge on any atom is 0.252 e. The molecule has 0 unspecified atom stereocenters. The number of hydrogen-bond acceptors (Lipinski definition) is 2. The van der Waals surface area contributed by atoms with Crippen LogP contribution in [-0.4, -0.2) is 10.9 Å². The minimum absolute atomic E-state index is 0.0116. The van der Waals surface area contributed by atoms with Crippen LogP contribution >= 0.6 is 0 Å². The SMILES string of the molecule is NC(=O)c1c(F)cncc1C1CC1. The van der Waals surface area contributed by atoms with E-state index >= 15 is 0 Å². The molecule has 3 nitrogen and oxygen atoms in total. The number of primary amides is 1. The number of carbonyl (C=O) groups is 1. The molecule has 0 spiro atoms. The van der Waals surface area contributed by atoms with Crippen LogP contribution in [0.4, 0.5) is 4.39 Å². The van der Waals surface area contributed by atoms with Crippen LogP contribution in [0.1, 0.15) is 34.7 Å². The Kier molecular flexibility index (Phi) is 1.76. The maximum absolute atomic E-state index is 13.1. The molecule has 13 heavy (non-hydrogen) atoms. The fourth-order valence-corrected chi connectivity index (χ4v) is 1.41. The van der Waals surface area contributed by atoms with Gasteiger partial charge in [-0.3, -0.25) is 9.78 Å². The predicted octanol–water partition coefficient (Wildman–Crippen LogP) is 1.20. The van der Waals surface area contributed by atoms with E-state index in [9.17, 15) is 9.18 Å². The molecule has 0 radical (unpaired) electrons. The van der Waals surface area contributed by atoms with E-state index in [1.165, 1.54) is 6.20 Å². The predicted molar refractivity (Wildman–Crippen MR) is 44.7 cm³/mol. The Bertz CT molecular complexity index is 361. The lowest BCUT2D eigenvalue weighted by molar-refractivity contribution is 0.0995. The molecule has 4 heteroatoms. The zero-order valence-electron chi connectivity index (χ0n) is 6.96. The van der Waals surface area contributed by atoms with Gasteiger partial charge >= 0.3 is 0 Å². The molecule has 0 atom stereocenters. The lowest BCUT2D eigenvalue weighted by atomic mass is 10.1. The smallest absolute Gasteiger partial charge is 0.252 e. The molecule has 1 heterocycles. The van der Waals surface area contributed by atoms with Crippen LogP contribution < -0.4 is 5.73 Å². The fourth-order valence-electron chi connectivity index (χ4n) is 1.41. The van der Waals surface area contributed by atoms with E-state index in [4.69, 9.17) is 5.73 Å². The van der Waals surface area contributed by atoms with Gasteiger partial charge in [-0.2, -0.15) is 0 Å². The highest BCUT2D eigenvalue weighted by molar-refractivity contribution is 5.94. The van der Waals surface area contributed by atoms with E-state index in [0.29, 0.717) is 5.56 Å². The largest absolute Gasteiger partial charge is 0.365 e. The summed E-state index contributed by atoms with van der Waals surface area (Å²) in [5.41, 5.74) is 5.75. The molecule has 1 aliphatic rings. The van der Waals surface area contributed by atoms with E-state index in [-0.39, 0.29) is 11.5 Å². The molecular weight excluding hydrogens is 171 g/mol. The standard InChI is InChI=1S/C9H9FN2O/c10-7-4-12-3-6(5-1-2-5)8(7)9(11)13/h3-5H,1-2H2,(H2,11,13). The number of rotatable bonds is 2. The lowest BCUT2D eigenvalue weighted by Crippen LogP contribution is -2.16. The molecule has 0 aromatic carbocycles. The van der Waals surface area contributed by atoms with Gasteiger partial charge in [0.25, 0.3) is 5.91 Å². The van der Waals surface area contributed by atoms with E-state index in [1.54, 1.807) is 0 Å². The highest BCUT2D eigenvalue weighted by Gasteiger charge is 2.29. The first kappa shape index (κ1) is 8.16. The molecule has 1 saturated carbocycles. The van der Waals surface area contributed by atoms with Gasteiger partial charge in [0, 0.05) is 6.20 Å². The first-order valence-corrected chi connectivity index (χ1v) is 4.13. The Labute approximate surface area is 74.8 Å². The number of hydrogen-bond donors (Lipinski definition) is 1. The van der Waals surface area contributed by atoms with Gasteiger partial charge in [0.15, 0.2) is 5.82 Å². The minimum atomic E-state index is -0.707. The zero-order valence-corrected chi connectivity index (χ0v) is 6.96. The number of carbonyl (C=O) groups excluding carboxylic acids is 1. The van der Waals surface area contributed by atoms with Gasteiger partial charge in [-0.1, -0.05) is 0 Å². The van der Waals surface area contributed by atoms with Crippen LogP contribution in [0.15, 0.2) is 12.4 Å². The molecule has 0 bridgehead atoms. The molecule has 1 amide bonds. The van der Waals surface area contributed by atoms with Crippen molar-refractivity contribution in [1.82, 2.24) is 4.98 Å². The molecule has 1 fully saturated rings. The van der Waals surface area contributed by atoms with Crippen LogP contribution in [0.3, 0.4) is 0 Å². The normalized spacial score (nSPS) is 15.8. The quantitative estimate of drug-likeness (QED) is 0.743. The van der Waals surface area contributed by atoms with Crippen molar-refractivity contribution in [2.45, 2.75) is 18.8 Å². The Balaban J connectivity index is 2.53. The summed E-state index contributed by atoms with van der Waals surface area (Å²) in [5.74, 6) is -1.04. The number of pyridine rings is 1. The fraction of sp³-hybridized carbons (Fsp3) is 0.333. The van der Waals surface area contributed by atoms with Crippen molar-refractivity contribution in [3.8, 4) is 0 Å². The van der Waals surface area contributed by atoms with E-state index < -0.39 is 11.7 Å². The van der Waals surface area contributed by atoms with Crippen molar-refractivity contribution in [1.29, 1.82) is 0 Å². The third kappa shape index (κ3) is 1.39. The number of nitrogens with two attached hydrogens (primary N) is 1. The molecule has 0 saturated heterocycles. The molecule has 68 valence electrons. The Morgan fingerprint density at radius 3 is 2.77 bits per heavy atom. The van der Waals surface area contributed by atoms with Crippen LogP contribution in [0.25, 0.3) is 0 Å². The van der Waals surface area contributed by atoms with E-state index in [0.717, 1.165) is 19.0 Å². The Hall–Kier alpha value is -1.45. The van der Waals surface area contributed by atoms with Gasteiger partial charge in [-0.25, -0.2) is 4.39 Å². The first-order chi connectivity index (χ1) is 6.20. The summed E-state index contributed by atoms with van der Waals surface area (Å²) in [6.07, 6.45) is 4.53. The highest BCUT2D eigenvalue weighted by atomic mass is 19.1. The van der Waals surface area contributed by atoms with Crippen LogP contribution in [0.2, 0.25) is 0 Å². The zero-order chi connectivity index (χ0) is 9.42. The number of nitrogens with zero attached hydrogens (tertiary/aromatic N) is 1. The molecule has 0 aliphatic heterocycles. The summed E-state index contributed by atoms with van der Waals surface area (Å²) >= 11 is 0. The summed E-state index contributed by atoms with van der Waals surface area (Å²) < 4.78 is 13.1. The lowest BCUT2D eigenvalue weighted by Gasteiger charge is -2.04. The molecule has 2 rings (SSSR count). The molecular formula is C9H9FN2O. The van der Waals surface area contributed by atoms with Gasteiger partial charge < -0.3 is 5.73 Å². The van der Waals surface area contributed by atoms with E-state index in [1.807, 2.05) is 0 Å². The summed E-state index contributed by atoms with van der Waals surface area (Å²) in [7, 11) is 0. The second kappa shape index (κ2) is 2.80. The van der Waals surface area contributed by atoms with Crippen molar-refractivity contribution in [3.63, 3.8) is 0 Å². The van der Waals surface area contributed by atoms with Gasteiger partial charge in [0.2, 0.25) is 0 Å². The van der Waals surface area contributed by atoms with Crippen LogP contribution in [0, 0.1) is 5.82 Å². The van der Waals surface area contributed by atoms with Crippen LogP contribution in [-0.2, 0) is 0 Å². The van der Waals surface area contributed by atoms with Crippen molar-refractivity contribution in [2.24, 2.45) is 5.73 Å². The Morgan fingerprint density at radius 2 is 2.23 bits per heavy atom. The monoisotopic (exact) mass is 180 g/mol. The maximum atomic E-state index is 13.1. The average Bonchev–Trinajstić information content (AvgIpc) is 2.85. The summed E-state index contributed by atoms with van der Waals surface area (Å²) in [6.45, 7) is 0. The van der Waals surface area contributed by atoms with Gasteiger partial charge in [-0.15, -0.1) is 0 Å². The van der Waals surface area contributed by atoms with E-state index in [2.05, 4.69) is 4.98 Å². The van der Waals surface area contributed by atoms with Gasteiger partial charge in [0.1, 0.15) is 0 Å². The first-order valence-electron chi connectivity index (χ1n) is 4.13. The van der Waals surface area contributed by atoms with Crippen molar-refractivity contribution < 1.29 is 9.18 Å². The highest BCUT2D eigenvalue weighted by Crippen LogP contribution is 2.41. The summed E-state index contributed by atoms with van der Waals surface area (Å²) in [5, 5.41) is 0. The number of halogens is 1. The topological polar surface area (TPSA) is 56.0 Å².